The van der Waals surface area contributed by atoms with E-state index in [4.69, 9.17) is 4.74 Å². The van der Waals surface area contributed by atoms with Gasteiger partial charge in [-0.05, 0) is 24.3 Å². The van der Waals surface area contributed by atoms with Crippen LogP contribution in [0.25, 0.3) is 10.9 Å². The molecule has 5 nitrogen and oxygen atoms in total. The van der Waals surface area contributed by atoms with Gasteiger partial charge in [0, 0.05) is 36.9 Å². The van der Waals surface area contributed by atoms with Crippen molar-refractivity contribution in [2.45, 2.75) is 12.5 Å². The summed E-state index contributed by atoms with van der Waals surface area (Å²) < 4.78 is 6.13. The van der Waals surface area contributed by atoms with Crippen molar-refractivity contribution in [3.8, 4) is 5.75 Å². The van der Waals surface area contributed by atoms with E-state index >= 15 is 0 Å². The zero-order chi connectivity index (χ0) is 16.4. The summed E-state index contributed by atoms with van der Waals surface area (Å²) >= 11 is 0. The zero-order valence-corrected chi connectivity index (χ0v) is 13.1. The summed E-state index contributed by atoms with van der Waals surface area (Å²) in [6.45, 7) is 1.27. The molecule has 0 saturated carbocycles. The molecule has 1 fully saturated rings. The molecule has 0 unspecified atom stereocenters. The Morgan fingerprint density at radius 2 is 2.00 bits per heavy atom. The molecule has 4 rings (SSSR count). The van der Waals surface area contributed by atoms with Gasteiger partial charge in [-0.2, -0.15) is 0 Å². The molecule has 0 radical (unpaired) electrons. The van der Waals surface area contributed by atoms with Crippen LogP contribution in [0.5, 0.6) is 5.75 Å². The highest BCUT2D eigenvalue weighted by atomic mass is 16.5. The van der Waals surface area contributed by atoms with Gasteiger partial charge in [0.05, 0.1) is 12.1 Å². The molecule has 24 heavy (non-hydrogen) atoms. The van der Waals surface area contributed by atoms with Gasteiger partial charge in [-0.1, -0.05) is 18.2 Å². The largest absolute Gasteiger partial charge is 0.486 e. The fourth-order valence-electron chi connectivity index (χ4n) is 3.03. The van der Waals surface area contributed by atoms with E-state index in [1.165, 1.54) is 0 Å². The average molecular weight is 319 g/mol. The molecule has 1 aliphatic rings. The number of pyridine rings is 2. The van der Waals surface area contributed by atoms with Crippen molar-refractivity contribution in [2.75, 3.05) is 13.1 Å². The second kappa shape index (κ2) is 6.28. The van der Waals surface area contributed by atoms with Crippen LogP contribution in [-0.2, 0) is 0 Å². The molecule has 0 N–H and O–H groups in total. The molecule has 1 aliphatic heterocycles. The van der Waals surface area contributed by atoms with Crippen LogP contribution < -0.4 is 4.74 Å². The molecule has 2 aromatic heterocycles. The quantitative estimate of drug-likeness (QED) is 0.745. The van der Waals surface area contributed by atoms with Gasteiger partial charge in [0.1, 0.15) is 17.4 Å². The first-order valence-electron chi connectivity index (χ1n) is 8.01. The molecule has 0 spiro atoms. The number of amides is 1. The number of ether oxygens (including phenoxy) is 1. The van der Waals surface area contributed by atoms with Crippen LogP contribution in [0.3, 0.4) is 0 Å². The third-order valence-electron chi connectivity index (χ3n) is 4.23. The van der Waals surface area contributed by atoms with Crippen molar-refractivity contribution in [2.24, 2.45) is 0 Å². The summed E-state index contributed by atoms with van der Waals surface area (Å²) in [7, 11) is 0. The van der Waals surface area contributed by atoms with E-state index in [0.717, 1.165) is 23.1 Å². The minimum Gasteiger partial charge on any atom is -0.486 e. The number of fused-ring (bicyclic) bond motifs is 1. The molecule has 5 heteroatoms. The van der Waals surface area contributed by atoms with E-state index in [0.29, 0.717) is 18.7 Å². The maximum absolute atomic E-state index is 12.5. The highest BCUT2D eigenvalue weighted by molar-refractivity contribution is 5.94. The third kappa shape index (κ3) is 2.80. The van der Waals surface area contributed by atoms with Crippen molar-refractivity contribution >= 4 is 16.8 Å². The lowest BCUT2D eigenvalue weighted by Gasteiger charge is -2.17. The predicted octanol–water partition coefficient (Wildman–Crippen LogP) is 2.92. The molecule has 1 saturated heterocycles. The summed E-state index contributed by atoms with van der Waals surface area (Å²) in [6, 6.07) is 13.4. The number of carbonyl (C=O) groups excluding carboxylic acids is 1. The summed E-state index contributed by atoms with van der Waals surface area (Å²) in [5, 5.41) is 1.05. The summed E-state index contributed by atoms with van der Waals surface area (Å²) in [4.78, 5) is 22.7. The lowest BCUT2D eigenvalue weighted by Crippen LogP contribution is -2.31. The summed E-state index contributed by atoms with van der Waals surface area (Å²) in [5.74, 6) is 0.777. The molecular formula is C19H17N3O2. The maximum Gasteiger partial charge on any atom is 0.255 e. The number of likely N-dealkylation sites (tertiary alicyclic amines) is 1. The van der Waals surface area contributed by atoms with Gasteiger partial charge in [0.15, 0.2) is 0 Å². The molecular weight excluding hydrogens is 302 g/mol. The number of aromatic nitrogens is 2. The number of carbonyl (C=O) groups is 1. The minimum absolute atomic E-state index is 0.00486. The van der Waals surface area contributed by atoms with Crippen LogP contribution in [0, 0.1) is 0 Å². The first-order chi connectivity index (χ1) is 11.8. The Kier molecular flexibility index (Phi) is 3.83. The molecule has 0 bridgehead atoms. The zero-order valence-electron chi connectivity index (χ0n) is 13.1. The van der Waals surface area contributed by atoms with Gasteiger partial charge in [-0.25, -0.2) is 0 Å². The molecule has 3 heterocycles. The van der Waals surface area contributed by atoms with E-state index in [-0.39, 0.29) is 12.0 Å². The van der Waals surface area contributed by atoms with E-state index in [1.807, 2.05) is 35.2 Å². The number of benzene rings is 1. The second-order valence-corrected chi connectivity index (χ2v) is 5.85. The maximum atomic E-state index is 12.5. The van der Waals surface area contributed by atoms with Crippen LogP contribution >= 0.6 is 0 Å². The lowest BCUT2D eigenvalue weighted by molar-refractivity contribution is 0.0772. The van der Waals surface area contributed by atoms with Gasteiger partial charge in [-0.15, -0.1) is 0 Å². The highest BCUT2D eigenvalue weighted by Crippen LogP contribution is 2.26. The van der Waals surface area contributed by atoms with E-state index in [9.17, 15) is 4.79 Å². The smallest absolute Gasteiger partial charge is 0.255 e. The summed E-state index contributed by atoms with van der Waals surface area (Å²) in [5.41, 5.74) is 1.47. The first kappa shape index (κ1) is 14.6. The van der Waals surface area contributed by atoms with Gasteiger partial charge in [0.2, 0.25) is 0 Å². The fraction of sp³-hybridized carbons (Fsp3) is 0.211. The van der Waals surface area contributed by atoms with Crippen molar-refractivity contribution in [1.82, 2.24) is 14.9 Å². The van der Waals surface area contributed by atoms with Gasteiger partial charge in [0.25, 0.3) is 5.91 Å². The average Bonchev–Trinajstić information content (AvgIpc) is 3.11. The molecule has 1 aromatic carbocycles. The van der Waals surface area contributed by atoms with Crippen molar-refractivity contribution < 1.29 is 9.53 Å². The molecule has 120 valence electrons. The standard InChI is InChI=1S/C19H17N3O2/c23-19(15-6-2-9-20-12-15)22-11-8-16(13-22)24-17-7-1-4-14-5-3-10-21-18(14)17/h1-7,9-10,12,16H,8,11,13H2/t16-/m0/s1. The van der Waals surface area contributed by atoms with Crippen molar-refractivity contribution in [3.05, 3.63) is 66.6 Å². The van der Waals surface area contributed by atoms with Crippen LogP contribution in [0.4, 0.5) is 0 Å². The Morgan fingerprint density at radius 1 is 1.12 bits per heavy atom. The van der Waals surface area contributed by atoms with Crippen LogP contribution in [0.2, 0.25) is 0 Å². The van der Waals surface area contributed by atoms with Crippen molar-refractivity contribution in [3.63, 3.8) is 0 Å². The lowest BCUT2D eigenvalue weighted by atomic mass is 10.2. The summed E-state index contributed by atoms with van der Waals surface area (Å²) in [6.07, 6.45) is 5.83. The van der Waals surface area contributed by atoms with Gasteiger partial charge in [-0.3, -0.25) is 14.8 Å². The van der Waals surface area contributed by atoms with Gasteiger partial charge < -0.3 is 9.64 Å². The van der Waals surface area contributed by atoms with Crippen LogP contribution in [-0.4, -0.2) is 40.0 Å². The van der Waals surface area contributed by atoms with Crippen molar-refractivity contribution in [1.29, 1.82) is 0 Å². The number of hydrogen-bond donors (Lipinski definition) is 0. The molecule has 1 atom stereocenters. The number of hydrogen-bond acceptors (Lipinski definition) is 4. The third-order valence-corrected chi connectivity index (χ3v) is 4.23. The Labute approximate surface area is 139 Å². The SMILES string of the molecule is O=C(c1cccnc1)N1CC[C@H](Oc2cccc3cccnc23)C1. The Hall–Kier alpha value is -2.95. The Balaban J connectivity index is 1.48. The topological polar surface area (TPSA) is 55.3 Å². The second-order valence-electron chi connectivity index (χ2n) is 5.85. The van der Waals surface area contributed by atoms with E-state index < -0.39 is 0 Å². The number of para-hydroxylation sites is 1. The minimum atomic E-state index is -0.0155. The molecule has 3 aromatic rings. The van der Waals surface area contributed by atoms with E-state index in [2.05, 4.69) is 9.97 Å². The van der Waals surface area contributed by atoms with Gasteiger partial charge >= 0.3 is 0 Å². The Morgan fingerprint density at radius 3 is 2.88 bits per heavy atom. The molecule has 0 aliphatic carbocycles. The van der Waals surface area contributed by atoms with E-state index in [1.54, 1.807) is 30.7 Å². The van der Waals surface area contributed by atoms with Crippen LogP contribution in [0.1, 0.15) is 16.8 Å². The molecule has 1 amide bonds. The number of nitrogens with zero attached hydrogens (tertiary/aromatic N) is 3. The first-order valence-corrected chi connectivity index (χ1v) is 8.01. The fourth-order valence-corrected chi connectivity index (χ4v) is 3.03. The number of rotatable bonds is 3. The highest BCUT2D eigenvalue weighted by Gasteiger charge is 2.28. The van der Waals surface area contributed by atoms with Crippen LogP contribution in [0.15, 0.2) is 61.1 Å². The monoisotopic (exact) mass is 319 g/mol. The Bertz CT molecular complexity index is 861. The normalized spacial score (nSPS) is 17.2. The predicted molar refractivity (Wildman–Crippen MR) is 90.9 cm³/mol.